The summed E-state index contributed by atoms with van der Waals surface area (Å²) < 4.78 is 23.3. The molecule has 0 saturated heterocycles. The van der Waals surface area contributed by atoms with Gasteiger partial charge in [-0.05, 0) is 30.5 Å². The van der Waals surface area contributed by atoms with E-state index in [4.69, 9.17) is 0 Å². The molecule has 0 saturated carbocycles. The first-order valence-electron chi connectivity index (χ1n) is 7.13. The predicted octanol–water partition coefficient (Wildman–Crippen LogP) is 1.99. The van der Waals surface area contributed by atoms with E-state index in [0.29, 0.717) is 24.1 Å². The van der Waals surface area contributed by atoms with Crippen LogP contribution in [0.25, 0.3) is 6.08 Å². The molecule has 2 aromatic rings. The molecule has 0 aliphatic heterocycles. The number of allylic oxidation sites excluding steroid dienone is 1. The van der Waals surface area contributed by atoms with E-state index < -0.39 is 15.4 Å². The van der Waals surface area contributed by atoms with Gasteiger partial charge in [-0.3, -0.25) is 9.59 Å². The van der Waals surface area contributed by atoms with Crippen LogP contribution >= 0.6 is 0 Å². The highest BCUT2D eigenvalue weighted by molar-refractivity contribution is 7.90. The van der Waals surface area contributed by atoms with Crippen molar-refractivity contribution in [3.63, 3.8) is 0 Å². The number of aromatic amines is 1. The molecule has 1 aliphatic carbocycles. The van der Waals surface area contributed by atoms with Gasteiger partial charge in [-0.15, -0.1) is 0 Å². The van der Waals surface area contributed by atoms with Crippen molar-refractivity contribution in [1.82, 2.24) is 4.98 Å². The van der Waals surface area contributed by atoms with Gasteiger partial charge in [0.1, 0.15) is 4.90 Å². The number of H-pyrrole nitrogens is 1. The fraction of sp³-hybridized carbons (Fsp3) is 0.176. The van der Waals surface area contributed by atoms with E-state index in [1.807, 2.05) is 30.3 Å². The van der Waals surface area contributed by atoms with Gasteiger partial charge in [0.2, 0.25) is 0 Å². The van der Waals surface area contributed by atoms with E-state index in [1.165, 1.54) is 6.07 Å². The van der Waals surface area contributed by atoms with Crippen LogP contribution < -0.4 is 5.56 Å². The lowest BCUT2D eigenvalue weighted by atomic mass is 9.89. The van der Waals surface area contributed by atoms with Crippen molar-refractivity contribution in [2.45, 2.75) is 17.7 Å². The molecule has 6 heteroatoms. The summed E-state index contributed by atoms with van der Waals surface area (Å²) in [5.74, 6) is -0.240. The van der Waals surface area contributed by atoms with Crippen LogP contribution in [0.4, 0.5) is 0 Å². The molecule has 0 spiro atoms. The molecule has 1 aliphatic rings. The number of fused-ring (bicyclic) bond motifs is 1. The first-order valence-corrected chi connectivity index (χ1v) is 9.02. The molecular formula is C17H15NO4S. The van der Waals surface area contributed by atoms with Crippen LogP contribution in [0.1, 0.15) is 28.0 Å². The van der Waals surface area contributed by atoms with Crippen LogP contribution in [0.15, 0.2) is 51.7 Å². The Kier molecular flexibility index (Phi) is 3.77. The van der Waals surface area contributed by atoms with Gasteiger partial charge in [-0.1, -0.05) is 30.3 Å². The van der Waals surface area contributed by atoms with E-state index in [-0.39, 0.29) is 16.2 Å². The summed E-state index contributed by atoms with van der Waals surface area (Å²) in [4.78, 5) is 26.6. The standard InChI is InChI=1S/C17H15NO4S/c1-23(21,22)15-10-13-14(18-17(15)20)8-7-12(16(13)19)9-11-5-3-2-4-6-11/h2-6,9-10H,7-8H2,1H3,(H,18,20). The fourth-order valence-corrected chi connectivity index (χ4v) is 3.38. The summed E-state index contributed by atoms with van der Waals surface area (Å²) >= 11 is 0. The topological polar surface area (TPSA) is 84.1 Å². The molecule has 1 aromatic heterocycles. The monoisotopic (exact) mass is 329 g/mol. The van der Waals surface area contributed by atoms with Crippen molar-refractivity contribution in [3.05, 3.63) is 69.1 Å². The maximum absolute atomic E-state index is 12.6. The SMILES string of the molecule is CS(=O)(=O)c1cc2c([nH]c1=O)CCC(=Cc1ccccc1)C2=O. The Hall–Kier alpha value is -2.47. The second-order valence-electron chi connectivity index (χ2n) is 5.54. The van der Waals surface area contributed by atoms with Crippen LogP contribution in [0, 0.1) is 0 Å². The van der Waals surface area contributed by atoms with Gasteiger partial charge < -0.3 is 4.98 Å². The lowest BCUT2D eigenvalue weighted by Gasteiger charge is -2.17. The average molecular weight is 329 g/mol. The molecule has 23 heavy (non-hydrogen) atoms. The highest BCUT2D eigenvalue weighted by Gasteiger charge is 2.26. The highest BCUT2D eigenvalue weighted by atomic mass is 32.2. The van der Waals surface area contributed by atoms with Crippen LogP contribution in [0.5, 0.6) is 0 Å². The minimum atomic E-state index is -3.68. The number of carbonyl (C=O) groups is 1. The zero-order valence-corrected chi connectivity index (χ0v) is 13.3. The number of aromatic nitrogens is 1. The molecule has 1 heterocycles. The maximum atomic E-state index is 12.6. The van der Waals surface area contributed by atoms with E-state index in [0.717, 1.165) is 11.8 Å². The highest BCUT2D eigenvalue weighted by Crippen LogP contribution is 2.26. The molecule has 5 nitrogen and oxygen atoms in total. The number of pyridine rings is 1. The zero-order valence-electron chi connectivity index (χ0n) is 12.5. The number of nitrogens with one attached hydrogen (secondary N) is 1. The second kappa shape index (κ2) is 5.62. The van der Waals surface area contributed by atoms with E-state index >= 15 is 0 Å². The van der Waals surface area contributed by atoms with Crippen molar-refractivity contribution < 1.29 is 13.2 Å². The van der Waals surface area contributed by atoms with Gasteiger partial charge in [-0.25, -0.2) is 8.42 Å². The van der Waals surface area contributed by atoms with E-state index in [9.17, 15) is 18.0 Å². The van der Waals surface area contributed by atoms with Crippen LogP contribution in [-0.4, -0.2) is 25.4 Å². The average Bonchev–Trinajstić information content (AvgIpc) is 2.50. The molecule has 1 N–H and O–H groups in total. The summed E-state index contributed by atoms with van der Waals surface area (Å²) in [5.41, 5.74) is 1.60. The lowest BCUT2D eigenvalue weighted by molar-refractivity contribution is 0.102. The predicted molar refractivity (Wildman–Crippen MR) is 87.2 cm³/mol. The third kappa shape index (κ3) is 3.03. The van der Waals surface area contributed by atoms with Crippen LogP contribution in [-0.2, 0) is 16.3 Å². The second-order valence-corrected chi connectivity index (χ2v) is 7.52. The molecule has 3 rings (SSSR count). The summed E-state index contributed by atoms with van der Waals surface area (Å²) in [5, 5.41) is 0. The fourth-order valence-electron chi connectivity index (χ4n) is 2.66. The molecule has 0 unspecified atom stereocenters. The van der Waals surface area contributed by atoms with Crippen LogP contribution in [0.2, 0.25) is 0 Å². The minimum absolute atomic E-state index is 0.240. The third-order valence-electron chi connectivity index (χ3n) is 3.81. The molecule has 0 amide bonds. The number of aryl methyl sites for hydroxylation is 1. The number of carbonyl (C=O) groups excluding carboxylic acids is 1. The Morgan fingerprint density at radius 1 is 1.09 bits per heavy atom. The van der Waals surface area contributed by atoms with Crippen LogP contribution in [0.3, 0.4) is 0 Å². The molecule has 0 fully saturated rings. The largest absolute Gasteiger partial charge is 0.324 e. The number of hydrogen-bond acceptors (Lipinski definition) is 4. The van der Waals surface area contributed by atoms with Gasteiger partial charge in [-0.2, -0.15) is 0 Å². The maximum Gasteiger partial charge on any atom is 0.266 e. The van der Waals surface area contributed by atoms with Crippen molar-refractivity contribution in [2.24, 2.45) is 0 Å². The van der Waals surface area contributed by atoms with Crippen molar-refractivity contribution in [3.8, 4) is 0 Å². The summed E-state index contributed by atoms with van der Waals surface area (Å²) in [6, 6.07) is 10.6. The van der Waals surface area contributed by atoms with E-state index in [1.54, 1.807) is 6.08 Å². The summed E-state index contributed by atoms with van der Waals surface area (Å²) in [7, 11) is -3.68. The Balaban J connectivity index is 2.10. The molecule has 0 radical (unpaired) electrons. The number of sulfone groups is 1. The number of rotatable bonds is 2. The zero-order chi connectivity index (χ0) is 16.6. The summed E-state index contributed by atoms with van der Waals surface area (Å²) in [6.07, 6.45) is 3.77. The Bertz CT molecular complexity index is 969. The first kappa shape index (κ1) is 15.4. The number of Topliss-reactive ketones (excluding diaryl/α,β-unsaturated/α-hetero) is 1. The molecule has 1 aromatic carbocycles. The first-order chi connectivity index (χ1) is 10.9. The van der Waals surface area contributed by atoms with Crippen molar-refractivity contribution in [1.29, 1.82) is 0 Å². The van der Waals surface area contributed by atoms with Gasteiger partial charge in [0.25, 0.3) is 5.56 Å². The normalized spacial score (nSPS) is 16.4. The quantitative estimate of drug-likeness (QED) is 0.854. The van der Waals surface area contributed by atoms with Crippen molar-refractivity contribution in [2.75, 3.05) is 6.26 Å². The van der Waals surface area contributed by atoms with Gasteiger partial charge >= 0.3 is 0 Å². The third-order valence-corrected chi connectivity index (χ3v) is 4.91. The molecule has 0 atom stereocenters. The summed E-state index contributed by atoms with van der Waals surface area (Å²) in [6.45, 7) is 0. The Morgan fingerprint density at radius 3 is 2.43 bits per heavy atom. The van der Waals surface area contributed by atoms with Gasteiger partial charge in [0.15, 0.2) is 15.6 Å². The lowest BCUT2D eigenvalue weighted by Crippen LogP contribution is -2.24. The van der Waals surface area contributed by atoms with Crippen molar-refractivity contribution >= 4 is 21.7 Å². The minimum Gasteiger partial charge on any atom is -0.324 e. The number of benzene rings is 1. The van der Waals surface area contributed by atoms with Gasteiger partial charge in [0.05, 0.1) is 0 Å². The number of ketones is 1. The Morgan fingerprint density at radius 2 is 1.78 bits per heavy atom. The number of hydrogen-bond donors (Lipinski definition) is 1. The van der Waals surface area contributed by atoms with E-state index in [2.05, 4.69) is 4.98 Å². The smallest absolute Gasteiger partial charge is 0.266 e. The van der Waals surface area contributed by atoms with Gasteiger partial charge in [0, 0.05) is 23.1 Å². The Labute approximate surface area is 133 Å². The molecule has 118 valence electrons. The molecule has 0 bridgehead atoms. The molecular weight excluding hydrogens is 314 g/mol.